The topological polar surface area (TPSA) is 45.2 Å². The van der Waals surface area contributed by atoms with Gasteiger partial charge in [0.05, 0.1) is 12.2 Å². The first-order valence-electron chi connectivity index (χ1n) is 8.72. The number of nitrogens with one attached hydrogen (secondary N) is 1. The highest BCUT2D eigenvalue weighted by Gasteiger charge is 2.26. The van der Waals surface area contributed by atoms with Gasteiger partial charge in [0.2, 0.25) is 0 Å². The maximum atomic E-state index is 13.1. The number of hydrogen-bond acceptors (Lipinski definition) is 3. The minimum absolute atomic E-state index is 0. The van der Waals surface area contributed by atoms with Gasteiger partial charge in [0.1, 0.15) is 0 Å². The molecule has 0 spiro atoms. The molecule has 0 radical (unpaired) electrons. The summed E-state index contributed by atoms with van der Waals surface area (Å²) in [6.45, 7) is 4.60. The zero-order chi connectivity index (χ0) is 16.8. The van der Waals surface area contributed by atoms with Crippen molar-refractivity contribution in [3.8, 4) is 0 Å². The molecule has 4 nitrogen and oxygen atoms in total. The summed E-state index contributed by atoms with van der Waals surface area (Å²) in [5.74, 6) is 0.104. The van der Waals surface area contributed by atoms with Gasteiger partial charge in [-0.1, -0.05) is 23.8 Å². The minimum Gasteiger partial charge on any atom is -0.330 e. The number of carbonyl (C=O) groups is 1. The van der Waals surface area contributed by atoms with Crippen LogP contribution >= 0.6 is 12.4 Å². The first-order chi connectivity index (χ1) is 11.7. The van der Waals surface area contributed by atoms with Crippen LogP contribution in [0, 0.1) is 6.92 Å². The zero-order valence-corrected chi connectivity index (χ0v) is 15.5. The Morgan fingerprint density at radius 1 is 1.16 bits per heavy atom. The van der Waals surface area contributed by atoms with Gasteiger partial charge in [-0.05, 0) is 63.5 Å². The van der Waals surface area contributed by atoms with Crippen molar-refractivity contribution >= 4 is 18.3 Å². The first-order valence-corrected chi connectivity index (χ1v) is 8.72. The lowest BCUT2D eigenvalue weighted by molar-refractivity contribution is 0.0642. The fourth-order valence-electron chi connectivity index (χ4n) is 3.21. The lowest BCUT2D eigenvalue weighted by Crippen LogP contribution is -2.40. The van der Waals surface area contributed by atoms with Crippen LogP contribution in [0.25, 0.3) is 0 Å². The Balaban J connectivity index is 0.00000225. The molecule has 1 unspecified atom stereocenters. The van der Waals surface area contributed by atoms with Crippen LogP contribution in [0.2, 0.25) is 0 Å². The summed E-state index contributed by atoms with van der Waals surface area (Å²) < 4.78 is 0. The molecule has 1 aliphatic rings. The normalized spacial score (nSPS) is 17.2. The van der Waals surface area contributed by atoms with Crippen LogP contribution in [0.3, 0.4) is 0 Å². The van der Waals surface area contributed by atoms with Crippen molar-refractivity contribution in [1.82, 2.24) is 15.2 Å². The molecule has 0 saturated carbocycles. The summed E-state index contributed by atoms with van der Waals surface area (Å²) in [6.07, 6.45) is 4.92. The summed E-state index contributed by atoms with van der Waals surface area (Å²) >= 11 is 0. The number of aromatic nitrogens is 1. The van der Waals surface area contributed by atoms with E-state index >= 15 is 0 Å². The van der Waals surface area contributed by atoms with Gasteiger partial charge in [-0.15, -0.1) is 12.4 Å². The molecule has 1 N–H and O–H groups in total. The molecule has 1 amide bonds. The molecule has 1 atom stereocenters. The third-order valence-electron chi connectivity index (χ3n) is 4.60. The molecule has 1 aromatic carbocycles. The van der Waals surface area contributed by atoms with Crippen LogP contribution in [-0.2, 0) is 6.54 Å². The van der Waals surface area contributed by atoms with Crippen molar-refractivity contribution in [2.75, 3.05) is 13.1 Å². The second kappa shape index (κ2) is 9.54. The van der Waals surface area contributed by atoms with Crippen molar-refractivity contribution in [2.45, 2.75) is 38.8 Å². The Bertz CT molecular complexity index is 652. The Morgan fingerprint density at radius 2 is 1.96 bits per heavy atom. The van der Waals surface area contributed by atoms with Crippen LogP contribution < -0.4 is 5.32 Å². The molecule has 1 fully saturated rings. The number of nitrogens with zero attached hydrogens (tertiary/aromatic N) is 2. The predicted molar refractivity (Wildman–Crippen MR) is 103 cm³/mol. The van der Waals surface area contributed by atoms with E-state index in [0.717, 1.165) is 43.6 Å². The van der Waals surface area contributed by atoms with E-state index in [0.29, 0.717) is 6.54 Å². The molecule has 1 aliphatic heterocycles. The summed E-state index contributed by atoms with van der Waals surface area (Å²) in [7, 11) is 0. The third-order valence-corrected chi connectivity index (χ3v) is 4.60. The molecule has 0 bridgehead atoms. The van der Waals surface area contributed by atoms with E-state index in [1.54, 1.807) is 6.20 Å². The Morgan fingerprint density at radius 3 is 2.68 bits per heavy atom. The SMILES string of the molecule is Cc1ccc(C(=O)N(Cc2ccccn2)C2CCCNCC2)cc1.Cl. The van der Waals surface area contributed by atoms with Crippen molar-refractivity contribution in [1.29, 1.82) is 0 Å². The highest BCUT2D eigenvalue weighted by Crippen LogP contribution is 2.19. The van der Waals surface area contributed by atoms with Crippen LogP contribution in [0.15, 0.2) is 48.7 Å². The average Bonchev–Trinajstić information content (AvgIpc) is 2.90. The van der Waals surface area contributed by atoms with E-state index in [-0.39, 0.29) is 24.4 Å². The van der Waals surface area contributed by atoms with Crippen molar-refractivity contribution < 1.29 is 4.79 Å². The fourth-order valence-corrected chi connectivity index (χ4v) is 3.21. The number of carbonyl (C=O) groups excluding carboxylic acids is 1. The van der Waals surface area contributed by atoms with Gasteiger partial charge in [-0.2, -0.15) is 0 Å². The maximum absolute atomic E-state index is 13.1. The van der Waals surface area contributed by atoms with Gasteiger partial charge >= 0.3 is 0 Å². The van der Waals surface area contributed by atoms with E-state index in [4.69, 9.17) is 0 Å². The Labute approximate surface area is 156 Å². The molecule has 1 aromatic heterocycles. The van der Waals surface area contributed by atoms with Crippen LogP contribution in [0.5, 0.6) is 0 Å². The van der Waals surface area contributed by atoms with Gasteiger partial charge < -0.3 is 10.2 Å². The van der Waals surface area contributed by atoms with E-state index in [1.165, 1.54) is 5.56 Å². The molecule has 134 valence electrons. The molecule has 1 saturated heterocycles. The third kappa shape index (κ3) is 5.28. The van der Waals surface area contributed by atoms with Gasteiger partial charge in [0.15, 0.2) is 0 Å². The van der Waals surface area contributed by atoms with Crippen LogP contribution in [0.1, 0.15) is 40.9 Å². The molecule has 0 aliphatic carbocycles. The molecule has 5 heteroatoms. The second-order valence-electron chi connectivity index (χ2n) is 6.45. The van der Waals surface area contributed by atoms with Crippen molar-refractivity contribution in [3.05, 3.63) is 65.5 Å². The van der Waals surface area contributed by atoms with E-state index in [1.807, 2.05) is 54.3 Å². The smallest absolute Gasteiger partial charge is 0.254 e. The number of halogens is 1. The molecule has 25 heavy (non-hydrogen) atoms. The van der Waals surface area contributed by atoms with Gasteiger partial charge in [0.25, 0.3) is 5.91 Å². The largest absolute Gasteiger partial charge is 0.330 e. The molecule has 3 rings (SSSR count). The number of aryl methyl sites for hydroxylation is 1. The number of rotatable bonds is 4. The van der Waals surface area contributed by atoms with E-state index in [2.05, 4.69) is 10.3 Å². The number of benzene rings is 1. The van der Waals surface area contributed by atoms with Crippen LogP contribution in [0.4, 0.5) is 0 Å². The summed E-state index contributed by atoms with van der Waals surface area (Å²) in [6, 6.07) is 14.0. The highest BCUT2D eigenvalue weighted by atomic mass is 35.5. The van der Waals surface area contributed by atoms with E-state index < -0.39 is 0 Å². The monoisotopic (exact) mass is 359 g/mol. The Hall–Kier alpha value is -1.91. The molecular formula is C20H26ClN3O. The quantitative estimate of drug-likeness (QED) is 0.907. The number of hydrogen-bond donors (Lipinski definition) is 1. The van der Waals surface area contributed by atoms with Gasteiger partial charge in [-0.3, -0.25) is 9.78 Å². The number of amides is 1. The summed E-state index contributed by atoms with van der Waals surface area (Å²) in [5, 5.41) is 3.43. The minimum atomic E-state index is 0. The first kappa shape index (κ1) is 19.4. The van der Waals surface area contributed by atoms with Crippen molar-refractivity contribution in [2.24, 2.45) is 0 Å². The molecule has 2 aromatic rings. The highest BCUT2D eigenvalue weighted by molar-refractivity contribution is 5.94. The van der Waals surface area contributed by atoms with Crippen molar-refractivity contribution in [3.63, 3.8) is 0 Å². The number of pyridine rings is 1. The fraction of sp³-hybridized carbons (Fsp3) is 0.400. The van der Waals surface area contributed by atoms with Gasteiger partial charge in [0, 0.05) is 17.8 Å². The Kier molecular flexibility index (Phi) is 7.41. The zero-order valence-electron chi connectivity index (χ0n) is 14.6. The van der Waals surface area contributed by atoms with Gasteiger partial charge in [-0.25, -0.2) is 0 Å². The average molecular weight is 360 g/mol. The standard InChI is InChI=1S/C20H25N3O.ClH/c1-16-7-9-17(10-8-16)20(24)23(15-18-5-2-3-13-22-18)19-6-4-12-21-14-11-19;/h2-3,5,7-10,13,19,21H,4,6,11-12,14-15H2,1H3;1H. The maximum Gasteiger partial charge on any atom is 0.254 e. The lowest BCUT2D eigenvalue weighted by atomic mass is 10.0. The van der Waals surface area contributed by atoms with E-state index in [9.17, 15) is 4.79 Å². The molecule has 2 heterocycles. The summed E-state index contributed by atoms with van der Waals surface area (Å²) in [4.78, 5) is 19.6. The predicted octanol–water partition coefficient (Wildman–Crippen LogP) is 3.60. The van der Waals surface area contributed by atoms with Crippen LogP contribution in [-0.4, -0.2) is 34.9 Å². The molecular weight excluding hydrogens is 334 g/mol. The lowest BCUT2D eigenvalue weighted by Gasteiger charge is -2.31. The summed E-state index contributed by atoms with van der Waals surface area (Å²) in [5.41, 5.74) is 2.87. The second-order valence-corrected chi connectivity index (χ2v) is 6.45.